The predicted octanol–water partition coefficient (Wildman–Crippen LogP) is 0.936. The van der Waals surface area contributed by atoms with Gasteiger partial charge in [-0.15, -0.1) is 0 Å². The van der Waals surface area contributed by atoms with Crippen LogP contribution >= 0.6 is 0 Å². The fourth-order valence-corrected chi connectivity index (χ4v) is 2.36. The summed E-state index contributed by atoms with van der Waals surface area (Å²) >= 11 is 0. The molecule has 0 saturated carbocycles. The van der Waals surface area contributed by atoms with Crippen LogP contribution in [0.5, 0.6) is 5.75 Å². The van der Waals surface area contributed by atoms with Crippen LogP contribution < -0.4 is 15.2 Å². The fraction of sp³-hybridized carbons (Fsp3) is 0.462. The molecule has 0 aliphatic heterocycles. The van der Waals surface area contributed by atoms with Gasteiger partial charge in [0.25, 0.3) is 5.91 Å². The summed E-state index contributed by atoms with van der Waals surface area (Å²) in [6.07, 6.45) is 0.841. The molecule has 0 aliphatic rings. The van der Waals surface area contributed by atoms with Gasteiger partial charge in [0.05, 0.1) is 4.90 Å². The van der Waals surface area contributed by atoms with Crippen molar-refractivity contribution in [1.29, 1.82) is 0 Å². The van der Waals surface area contributed by atoms with Crippen molar-refractivity contribution in [2.45, 2.75) is 38.1 Å². The standard InChI is InChI=1S/C13H20N2O4S/c1-4-10(3)15-13(16)8-19-11-5-6-12(9(2)7-11)20(14,17)18/h5-7,10H,4,8H2,1-3H3,(H,15,16)(H2,14,17,18). The van der Waals surface area contributed by atoms with Crippen LogP contribution in [0, 0.1) is 6.92 Å². The van der Waals surface area contributed by atoms with Crippen molar-refractivity contribution in [2.75, 3.05) is 6.61 Å². The van der Waals surface area contributed by atoms with Gasteiger partial charge >= 0.3 is 0 Å². The quantitative estimate of drug-likeness (QED) is 0.816. The smallest absolute Gasteiger partial charge is 0.258 e. The van der Waals surface area contributed by atoms with Gasteiger partial charge in [-0.05, 0) is 44.0 Å². The first-order valence-corrected chi connectivity index (χ1v) is 7.84. The highest BCUT2D eigenvalue weighted by Gasteiger charge is 2.12. The molecule has 0 heterocycles. The van der Waals surface area contributed by atoms with E-state index < -0.39 is 10.0 Å². The Morgan fingerprint density at radius 1 is 1.45 bits per heavy atom. The van der Waals surface area contributed by atoms with Gasteiger partial charge in [0, 0.05) is 6.04 Å². The summed E-state index contributed by atoms with van der Waals surface area (Å²) < 4.78 is 27.8. The molecular weight excluding hydrogens is 280 g/mol. The molecule has 7 heteroatoms. The molecule has 0 saturated heterocycles. The van der Waals surface area contributed by atoms with Gasteiger partial charge in [0.15, 0.2) is 6.61 Å². The maximum atomic E-state index is 11.5. The van der Waals surface area contributed by atoms with Gasteiger partial charge in [-0.2, -0.15) is 0 Å². The van der Waals surface area contributed by atoms with Crippen molar-refractivity contribution in [3.05, 3.63) is 23.8 Å². The van der Waals surface area contributed by atoms with Crippen LogP contribution in [-0.4, -0.2) is 27.0 Å². The third kappa shape index (κ3) is 4.82. The van der Waals surface area contributed by atoms with Crippen LogP contribution in [-0.2, 0) is 14.8 Å². The zero-order chi connectivity index (χ0) is 15.3. The second-order valence-electron chi connectivity index (χ2n) is 4.64. The number of hydrogen-bond donors (Lipinski definition) is 2. The molecule has 112 valence electrons. The number of aryl methyl sites for hydroxylation is 1. The number of nitrogens with one attached hydrogen (secondary N) is 1. The van der Waals surface area contributed by atoms with E-state index in [4.69, 9.17) is 9.88 Å². The molecule has 20 heavy (non-hydrogen) atoms. The highest BCUT2D eigenvalue weighted by atomic mass is 32.2. The molecule has 0 aliphatic carbocycles. The van der Waals surface area contributed by atoms with Crippen molar-refractivity contribution >= 4 is 15.9 Å². The molecule has 1 atom stereocenters. The van der Waals surface area contributed by atoms with Crippen molar-refractivity contribution in [1.82, 2.24) is 5.32 Å². The predicted molar refractivity (Wildman–Crippen MR) is 75.9 cm³/mol. The van der Waals surface area contributed by atoms with E-state index in [9.17, 15) is 13.2 Å². The Labute approximate surface area is 119 Å². The third-order valence-electron chi connectivity index (χ3n) is 2.84. The summed E-state index contributed by atoms with van der Waals surface area (Å²) in [5.41, 5.74) is 0.479. The van der Waals surface area contributed by atoms with Gasteiger partial charge in [0.1, 0.15) is 5.75 Å². The van der Waals surface area contributed by atoms with E-state index in [0.717, 1.165) is 6.42 Å². The lowest BCUT2D eigenvalue weighted by Gasteiger charge is -2.12. The molecule has 6 nitrogen and oxygen atoms in total. The largest absolute Gasteiger partial charge is 0.484 e. The summed E-state index contributed by atoms with van der Waals surface area (Å²) in [4.78, 5) is 11.6. The number of carbonyl (C=O) groups is 1. The van der Waals surface area contributed by atoms with Crippen LogP contribution in [0.15, 0.2) is 23.1 Å². The average Bonchev–Trinajstić information content (AvgIpc) is 2.34. The average molecular weight is 300 g/mol. The number of rotatable bonds is 6. The molecule has 1 aromatic rings. The molecule has 0 aromatic heterocycles. The van der Waals surface area contributed by atoms with Crippen LogP contribution in [0.25, 0.3) is 0 Å². The van der Waals surface area contributed by atoms with E-state index in [1.54, 1.807) is 6.92 Å². The molecule has 0 fully saturated rings. The highest BCUT2D eigenvalue weighted by molar-refractivity contribution is 7.89. The Morgan fingerprint density at radius 3 is 2.60 bits per heavy atom. The minimum atomic E-state index is -3.74. The van der Waals surface area contributed by atoms with Gasteiger partial charge in [0.2, 0.25) is 10.0 Å². The lowest BCUT2D eigenvalue weighted by molar-refractivity contribution is -0.123. The molecule has 1 unspecified atom stereocenters. The van der Waals surface area contributed by atoms with Crippen LogP contribution in [0.1, 0.15) is 25.8 Å². The summed E-state index contributed by atoms with van der Waals surface area (Å²) in [6.45, 7) is 5.38. The summed E-state index contributed by atoms with van der Waals surface area (Å²) in [5, 5.41) is 7.84. The summed E-state index contributed by atoms with van der Waals surface area (Å²) in [7, 11) is -3.74. The van der Waals surface area contributed by atoms with Crippen molar-refractivity contribution in [3.63, 3.8) is 0 Å². The maximum absolute atomic E-state index is 11.5. The number of ether oxygens (including phenoxy) is 1. The number of primary sulfonamides is 1. The van der Waals surface area contributed by atoms with E-state index in [1.165, 1.54) is 18.2 Å². The minimum Gasteiger partial charge on any atom is -0.484 e. The second kappa shape index (κ2) is 6.71. The lowest BCUT2D eigenvalue weighted by Crippen LogP contribution is -2.35. The lowest BCUT2D eigenvalue weighted by atomic mass is 10.2. The van der Waals surface area contributed by atoms with Gasteiger partial charge in [-0.1, -0.05) is 6.92 Å². The molecule has 1 aromatic carbocycles. The molecule has 3 N–H and O–H groups in total. The fourth-order valence-electron chi connectivity index (χ4n) is 1.60. The van der Waals surface area contributed by atoms with Crippen molar-refractivity contribution in [3.8, 4) is 5.75 Å². The number of nitrogens with two attached hydrogens (primary N) is 1. The first-order chi connectivity index (χ1) is 9.24. The van der Waals surface area contributed by atoms with Crippen molar-refractivity contribution < 1.29 is 17.9 Å². The molecule has 0 bridgehead atoms. The van der Waals surface area contributed by atoms with E-state index >= 15 is 0 Å². The number of amides is 1. The first kappa shape index (κ1) is 16.5. The van der Waals surface area contributed by atoms with Crippen LogP contribution in [0.4, 0.5) is 0 Å². The van der Waals surface area contributed by atoms with Crippen LogP contribution in [0.3, 0.4) is 0 Å². The second-order valence-corrected chi connectivity index (χ2v) is 6.17. The van der Waals surface area contributed by atoms with Gasteiger partial charge in [-0.25, -0.2) is 13.6 Å². The molecule has 0 spiro atoms. The minimum absolute atomic E-state index is 0.0499. The molecule has 1 rings (SSSR count). The SMILES string of the molecule is CCC(C)NC(=O)COc1ccc(S(N)(=O)=O)c(C)c1. The van der Waals surface area contributed by atoms with Crippen molar-refractivity contribution in [2.24, 2.45) is 5.14 Å². The Kier molecular flexibility index (Phi) is 5.52. The molecular formula is C13H20N2O4S. The third-order valence-corrected chi connectivity index (χ3v) is 3.91. The van der Waals surface area contributed by atoms with E-state index in [-0.39, 0.29) is 23.5 Å². The molecule has 0 radical (unpaired) electrons. The molecule has 1 amide bonds. The Bertz CT molecular complexity index is 584. The van der Waals surface area contributed by atoms with E-state index in [1.807, 2.05) is 13.8 Å². The normalized spacial score (nSPS) is 12.8. The Morgan fingerprint density at radius 2 is 2.10 bits per heavy atom. The number of sulfonamides is 1. The summed E-state index contributed by atoms with van der Waals surface area (Å²) in [5.74, 6) is 0.210. The first-order valence-electron chi connectivity index (χ1n) is 6.29. The Balaban J connectivity index is 2.67. The zero-order valence-corrected chi connectivity index (χ0v) is 12.7. The zero-order valence-electron chi connectivity index (χ0n) is 11.8. The Hall–Kier alpha value is -1.60. The van der Waals surface area contributed by atoms with Gasteiger partial charge in [-0.3, -0.25) is 4.79 Å². The van der Waals surface area contributed by atoms with Gasteiger partial charge < -0.3 is 10.1 Å². The topological polar surface area (TPSA) is 98.5 Å². The number of carbonyl (C=O) groups excluding carboxylic acids is 1. The number of hydrogen-bond acceptors (Lipinski definition) is 4. The number of benzene rings is 1. The van der Waals surface area contributed by atoms with E-state index in [2.05, 4.69) is 5.32 Å². The maximum Gasteiger partial charge on any atom is 0.258 e. The van der Waals surface area contributed by atoms with E-state index in [0.29, 0.717) is 11.3 Å². The van der Waals surface area contributed by atoms with Crippen LogP contribution in [0.2, 0.25) is 0 Å². The monoisotopic (exact) mass is 300 g/mol. The summed E-state index contributed by atoms with van der Waals surface area (Å²) in [6, 6.07) is 4.48. The highest BCUT2D eigenvalue weighted by Crippen LogP contribution is 2.20.